The van der Waals surface area contributed by atoms with Gasteiger partial charge >= 0.3 is 0 Å². The van der Waals surface area contributed by atoms with Gasteiger partial charge in [0.15, 0.2) is 0 Å². The quantitative estimate of drug-likeness (QED) is 0.822. The molecule has 0 fully saturated rings. The largest absolute Gasteiger partial charge is 0.492 e. The molecular weight excluding hydrogens is 294 g/mol. The molecule has 0 unspecified atom stereocenters. The van der Waals surface area contributed by atoms with Crippen LogP contribution in [-0.4, -0.2) is 30.6 Å². The highest BCUT2D eigenvalue weighted by atomic mass is 16.5. The first-order chi connectivity index (χ1) is 11.1. The van der Waals surface area contributed by atoms with E-state index in [9.17, 15) is 4.79 Å². The van der Waals surface area contributed by atoms with Crippen molar-refractivity contribution in [1.82, 2.24) is 4.98 Å². The van der Waals surface area contributed by atoms with Gasteiger partial charge in [-0.3, -0.25) is 4.79 Å². The van der Waals surface area contributed by atoms with Crippen LogP contribution in [0.2, 0.25) is 0 Å². The Morgan fingerprint density at radius 2 is 2.04 bits per heavy atom. The van der Waals surface area contributed by atoms with E-state index in [0.29, 0.717) is 23.9 Å². The summed E-state index contributed by atoms with van der Waals surface area (Å²) in [7, 11) is 1.56. The predicted molar refractivity (Wildman–Crippen MR) is 90.1 cm³/mol. The number of para-hydroxylation sites is 2. The second-order valence-electron chi connectivity index (χ2n) is 4.87. The van der Waals surface area contributed by atoms with Crippen LogP contribution in [0.1, 0.15) is 13.8 Å². The number of nitrogens with zero attached hydrogens (tertiary/aromatic N) is 1. The third kappa shape index (κ3) is 4.60. The van der Waals surface area contributed by atoms with Crippen molar-refractivity contribution in [2.75, 3.05) is 24.4 Å². The lowest BCUT2D eigenvalue weighted by atomic mass is 10.2. The van der Waals surface area contributed by atoms with Gasteiger partial charge in [0, 0.05) is 6.07 Å². The number of hydrogen-bond acceptors (Lipinski definition) is 5. The fraction of sp³-hybridized carbons (Fsp3) is 0.294. The number of aromatic nitrogens is 1. The van der Waals surface area contributed by atoms with E-state index in [0.717, 1.165) is 5.69 Å². The molecule has 1 amide bonds. The molecule has 0 aliphatic rings. The Morgan fingerprint density at radius 1 is 1.26 bits per heavy atom. The van der Waals surface area contributed by atoms with Gasteiger partial charge in [-0.1, -0.05) is 12.1 Å². The maximum Gasteiger partial charge on any atom is 0.246 e. The van der Waals surface area contributed by atoms with Crippen LogP contribution in [0, 0.1) is 0 Å². The highest BCUT2D eigenvalue weighted by Gasteiger charge is 2.15. The van der Waals surface area contributed by atoms with Gasteiger partial charge in [0.25, 0.3) is 0 Å². The van der Waals surface area contributed by atoms with Gasteiger partial charge in [0.2, 0.25) is 11.8 Å². The molecule has 1 aromatic carbocycles. The van der Waals surface area contributed by atoms with E-state index in [4.69, 9.17) is 9.47 Å². The zero-order chi connectivity index (χ0) is 16.7. The van der Waals surface area contributed by atoms with E-state index in [2.05, 4.69) is 15.6 Å². The number of rotatable bonds is 7. The molecule has 1 atom stereocenters. The molecule has 2 rings (SSSR count). The minimum Gasteiger partial charge on any atom is -0.492 e. The third-order valence-electron chi connectivity index (χ3n) is 3.17. The molecule has 6 nitrogen and oxygen atoms in total. The van der Waals surface area contributed by atoms with E-state index >= 15 is 0 Å². The zero-order valence-corrected chi connectivity index (χ0v) is 13.5. The van der Waals surface area contributed by atoms with Crippen LogP contribution >= 0.6 is 0 Å². The summed E-state index contributed by atoms with van der Waals surface area (Å²) in [6.45, 7) is 4.22. The molecular formula is C17H21N3O3. The highest BCUT2D eigenvalue weighted by Crippen LogP contribution is 2.24. The number of nitrogens with one attached hydrogen (secondary N) is 2. The number of benzene rings is 1. The van der Waals surface area contributed by atoms with Gasteiger partial charge in [-0.25, -0.2) is 4.98 Å². The van der Waals surface area contributed by atoms with E-state index in [-0.39, 0.29) is 5.91 Å². The lowest BCUT2D eigenvalue weighted by Gasteiger charge is -2.17. The normalized spacial score (nSPS) is 11.4. The summed E-state index contributed by atoms with van der Waals surface area (Å²) in [6.07, 6.45) is 1.62. The summed E-state index contributed by atoms with van der Waals surface area (Å²) in [4.78, 5) is 16.4. The summed E-state index contributed by atoms with van der Waals surface area (Å²) in [6, 6.07) is 10.5. The van der Waals surface area contributed by atoms with Crippen LogP contribution in [0.15, 0.2) is 42.6 Å². The van der Waals surface area contributed by atoms with Gasteiger partial charge in [0.05, 0.1) is 31.3 Å². The Morgan fingerprint density at radius 3 is 2.70 bits per heavy atom. The molecule has 122 valence electrons. The Kier molecular flexibility index (Phi) is 5.80. The fourth-order valence-electron chi connectivity index (χ4n) is 1.99. The number of carbonyl (C=O) groups excluding carboxylic acids is 1. The van der Waals surface area contributed by atoms with Crippen molar-refractivity contribution < 1.29 is 14.3 Å². The van der Waals surface area contributed by atoms with Crippen molar-refractivity contribution in [1.29, 1.82) is 0 Å². The van der Waals surface area contributed by atoms with E-state index in [1.165, 1.54) is 0 Å². The van der Waals surface area contributed by atoms with Crippen LogP contribution in [0.5, 0.6) is 11.6 Å². The van der Waals surface area contributed by atoms with Crippen LogP contribution < -0.4 is 20.1 Å². The minimum absolute atomic E-state index is 0.159. The van der Waals surface area contributed by atoms with Crippen molar-refractivity contribution in [2.24, 2.45) is 0 Å². The van der Waals surface area contributed by atoms with Gasteiger partial charge in [0.1, 0.15) is 11.8 Å². The van der Waals surface area contributed by atoms with Gasteiger partial charge in [-0.05, 0) is 32.0 Å². The zero-order valence-electron chi connectivity index (χ0n) is 13.5. The average Bonchev–Trinajstić information content (AvgIpc) is 2.57. The SMILES string of the molecule is CCOc1ccccc1NC(=O)[C@H](C)Nc1ccc(OC)nc1. The summed E-state index contributed by atoms with van der Waals surface area (Å²) in [5.41, 5.74) is 1.40. The molecule has 2 N–H and O–H groups in total. The molecule has 1 aromatic heterocycles. The fourth-order valence-corrected chi connectivity index (χ4v) is 1.99. The van der Waals surface area contributed by atoms with Crippen LogP contribution in [0.25, 0.3) is 0 Å². The molecule has 1 heterocycles. The third-order valence-corrected chi connectivity index (χ3v) is 3.17. The Labute approximate surface area is 135 Å². The number of anilines is 2. The lowest BCUT2D eigenvalue weighted by molar-refractivity contribution is -0.116. The number of amides is 1. The molecule has 0 spiro atoms. The molecule has 0 radical (unpaired) electrons. The first kappa shape index (κ1) is 16.6. The number of methoxy groups -OCH3 is 1. The van der Waals surface area contributed by atoms with Crippen LogP contribution in [0.3, 0.4) is 0 Å². The monoisotopic (exact) mass is 315 g/mol. The van der Waals surface area contributed by atoms with Gasteiger partial charge in [-0.2, -0.15) is 0 Å². The van der Waals surface area contributed by atoms with Crippen molar-refractivity contribution in [3.8, 4) is 11.6 Å². The molecule has 0 saturated heterocycles. The van der Waals surface area contributed by atoms with Crippen molar-refractivity contribution >= 4 is 17.3 Å². The predicted octanol–water partition coefficient (Wildman–Crippen LogP) is 2.93. The first-order valence-corrected chi connectivity index (χ1v) is 7.43. The number of pyridine rings is 1. The Bertz CT molecular complexity index is 644. The van der Waals surface area contributed by atoms with Crippen molar-refractivity contribution in [3.63, 3.8) is 0 Å². The lowest BCUT2D eigenvalue weighted by Crippen LogP contribution is -2.32. The van der Waals surface area contributed by atoms with Crippen LogP contribution in [0.4, 0.5) is 11.4 Å². The van der Waals surface area contributed by atoms with Gasteiger partial charge in [-0.15, -0.1) is 0 Å². The summed E-state index contributed by atoms with van der Waals surface area (Å²) in [5.74, 6) is 1.02. The van der Waals surface area contributed by atoms with Gasteiger partial charge < -0.3 is 20.1 Å². The summed E-state index contributed by atoms with van der Waals surface area (Å²) in [5, 5.41) is 5.96. The number of ether oxygens (including phenoxy) is 2. The van der Waals surface area contributed by atoms with E-state index in [1.807, 2.05) is 37.3 Å². The van der Waals surface area contributed by atoms with Crippen LogP contribution in [-0.2, 0) is 4.79 Å². The maximum atomic E-state index is 12.3. The Hall–Kier alpha value is -2.76. The summed E-state index contributed by atoms with van der Waals surface area (Å²) < 4.78 is 10.5. The maximum absolute atomic E-state index is 12.3. The number of hydrogen-bond donors (Lipinski definition) is 2. The number of carbonyl (C=O) groups is 1. The van der Waals surface area contributed by atoms with Crippen molar-refractivity contribution in [3.05, 3.63) is 42.6 Å². The molecule has 0 bridgehead atoms. The molecule has 0 saturated carbocycles. The Balaban J connectivity index is 1.99. The standard InChI is InChI=1S/C17H21N3O3/c1-4-23-15-8-6-5-7-14(15)20-17(21)12(2)19-13-9-10-16(22-3)18-11-13/h5-12,19H,4H2,1-3H3,(H,20,21)/t12-/m0/s1. The smallest absolute Gasteiger partial charge is 0.246 e. The molecule has 6 heteroatoms. The molecule has 23 heavy (non-hydrogen) atoms. The first-order valence-electron chi connectivity index (χ1n) is 7.43. The molecule has 0 aliphatic carbocycles. The second-order valence-corrected chi connectivity index (χ2v) is 4.87. The minimum atomic E-state index is -0.431. The molecule has 0 aliphatic heterocycles. The van der Waals surface area contributed by atoms with E-state index < -0.39 is 6.04 Å². The van der Waals surface area contributed by atoms with E-state index in [1.54, 1.807) is 26.3 Å². The summed E-state index contributed by atoms with van der Waals surface area (Å²) >= 11 is 0. The second kappa shape index (κ2) is 8.03. The highest BCUT2D eigenvalue weighted by molar-refractivity contribution is 5.97. The molecule has 2 aromatic rings. The topological polar surface area (TPSA) is 72.5 Å². The van der Waals surface area contributed by atoms with Crippen molar-refractivity contribution in [2.45, 2.75) is 19.9 Å². The average molecular weight is 315 g/mol.